The zero-order valence-corrected chi connectivity index (χ0v) is 10.7. The zero-order valence-electron chi connectivity index (χ0n) is 10.7. The van der Waals surface area contributed by atoms with Crippen LogP contribution in [0, 0.1) is 0 Å². The minimum Gasteiger partial charge on any atom is -0.376 e. The van der Waals surface area contributed by atoms with Crippen molar-refractivity contribution in [2.24, 2.45) is 0 Å². The van der Waals surface area contributed by atoms with Crippen LogP contribution in [0.2, 0.25) is 0 Å². The molecule has 0 bridgehead atoms. The number of hydrogen-bond donors (Lipinski definition) is 2. The molecule has 1 rings (SSSR count). The first-order chi connectivity index (χ1) is 8.72. The van der Waals surface area contributed by atoms with Crippen LogP contribution in [0.5, 0.6) is 0 Å². The van der Waals surface area contributed by atoms with Crippen molar-refractivity contribution in [2.45, 2.75) is 13.5 Å². The summed E-state index contributed by atoms with van der Waals surface area (Å²) in [6.07, 6.45) is 1.74. The molecular weight excluding hydrogens is 228 g/mol. The molecule has 1 aromatic rings. The Morgan fingerprint density at radius 2 is 2.11 bits per heavy atom. The first kappa shape index (κ1) is 14.4. The Morgan fingerprint density at radius 3 is 2.72 bits per heavy atom. The van der Waals surface area contributed by atoms with E-state index >= 15 is 0 Å². The summed E-state index contributed by atoms with van der Waals surface area (Å²) in [6, 6.07) is 7.77. The second-order valence-electron chi connectivity index (χ2n) is 3.92. The topological polar surface area (TPSA) is 50.4 Å². The molecule has 1 aromatic carbocycles. The molecule has 0 unspecified atom stereocenters. The molecule has 18 heavy (non-hydrogen) atoms. The van der Waals surface area contributed by atoms with Crippen molar-refractivity contribution < 1.29 is 9.53 Å². The fourth-order valence-electron chi connectivity index (χ4n) is 1.45. The highest BCUT2D eigenvalue weighted by molar-refractivity contribution is 5.88. The highest BCUT2D eigenvalue weighted by Gasteiger charge is 1.96. The van der Waals surface area contributed by atoms with Crippen molar-refractivity contribution in [1.82, 2.24) is 5.32 Å². The SMILES string of the molecule is C=CCOCCNCc1ccc(NC(C)=O)cc1. The number of nitrogens with one attached hydrogen (secondary N) is 2. The maximum Gasteiger partial charge on any atom is 0.221 e. The van der Waals surface area contributed by atoms with Crippen LogP contribution in [0.25, 0.3) is 0 Å². The Labute approximate surface area is 108 Å². The van der Waals surface area contributed by atoms with Crippen LogP contribution in [-0.4, -0.2) is 25.7 Å². The molecule has 0 fully saturated rings. The molecule has 0 radical (unpaired) electrons. The largest absolute Gasteiger partial charge is 0.376 e. The first-order valence-electron chi connectivity index (χ1n) is 5.98. The van der Waals surface area contributed by atoms with Crippen molar-refractivity contribution >= 4 is 11.6 Å². The second-order valence-corrected chi connectivity index (χ2v) is 3.92. The summed E-state index contributed by atoms with van der Waals surface area (Å²) >= 11 is 0. The maximum atomic E-state index is 10.9. The highest BCUT2D eigenvalue weighted by atomic mass is 16.5. The van der Waals surface area contributed by atoms with Crippen LogP contribution in [0.4, 0.5) is 5.69 Å². The Hall–Kier alpha value is -1.65. The van der Waals surface area contributed by atoms with Crippen molar-refractivity contribution in [3.63, 3.8) is 0 Å². The van der Waals surface area contributed by atoms with E-state index in [2.05, 4.69) is 17.2 Å². The van der Waals surface area contributed by atoms with Crippen molar-refractivity contribution in [3.8, 4) is 0 Å². The quantitative estimate of drug-likeness (QED) is 0.546. The molecule has 0 saturated carbocycles. The molecule has 4 nitrogen and oxygen atoms in total. The molecule has 98 valence electrons. The molecule has 0 heterocycles. The van der Waals surface area contributed by atoms with Gasteiger partial charge in [0.1, 0.15) is 0 Å². The number of carbonyl (C=O) groups is 1. The average molecular weight is 248 g/mol. The number of rotatable bonds is 8. The third-order valence-corrected chi connectivity index (χ3v) is 2.26. The standard InChI is InChI=1S/C14H20N2O2/c1-3-9-18-10-8-15-11-13-4-6-14(7-5-13)16-12(2)17/h3-7,15H,1,8-11H2,2H3,(H,16,17). The van der Waals surface area contributed by atoms with Crippen LogP contribution >= 0.6 is 0 Å². The third-order valence-electron chi connectivity index (χ3n) is 2.26. The van der Waals surface area contributed by atoms with Crippen LogP contribution in [0.15, 0.2) is 36.9 Å². The summed E-state index contributed by atoms with van der Waals surface area (Å²) in [7, 11) is 0. The number of hydrogen-bond acceptors (Lipinski definition) is 3. The summed E-state index contributed by atoms with van der Waals surface area (Å²) in [6.45, 7) is 7.94. The van der Waals surface area contributed by atoms with Gasteiger partial charge in [-0.05, 0) is 17.7 Å². The summed E-state index contributed by atoms with van der Waals surface area (Å²) in [5.74, 6) is -0.0553. The monoisotopic (exact) mass is 248 g/mol. The van der Waals surface area contributed by atoms with Gasteiger partial charge in [0.25, 0.3) is 0 Å². The Kier molecular flexibility index (Phi) is 6.76. The molecule has 2 N–H and O–H groups in total. The molecule has 0 aliphatic carbocycles. The van der Waals surface area contributed by atoms with Gasteiger partial charge in [0.2, 0.25) is 5.91 Å². The van der Waals surface area contributed by atoms with Gasteiger partial charge in [0.15, 0.2) is 0 Å². The molecule has 0 saturated heterocycles. The summed E-state index contributed by atoms with van der Waals surface area (Å²) in [5, 5.41) is 6.01. The van der Waals surface area contributed by atoms with E-state index in [1.165, 1.54) is 12.5 Å². The van der Waals surface area contributed by atoms with Gasteiger partial charge in [0, 0.05) is 25.7 Å². The fourth-order valence-corrected chi connectivity index (χ4v) is 1.45. The molecule has 0 aliphatic rings. The van der Waals surface area contributed by atoms with Crippen LogP contribution in [0.3, 0.4) is 0 Å². The highest BCUT2D eigenvalue weighted by Crippen LogP contribution is 2.09. The molecule has 0 aliphatic heterocycles. The molecule has 1 amide bonds. The molecule has 0 atom stereocenters. The van der Waals surface area contributed by atoms with E-state index in [0.29, 0.717) is 13.2 Å². The molecular formula is C14H20N2O2. The van der Waals surface area contributed by atoms with E-state index in [1.54, 1.807) is 6.08 Å². The number of benzene rings is 1. The van der Waals surface area contributed by atoms with Gasteiger partial charge in [-0.1, -0.05) is 18.2 Å². The van der Waals surface area contributed by atoms with E-state index in [4.69, 9.17) is 4.74 Å². The van der Waals surface area contributed by atoms with Gasteiger partial charge in [-0.25, -0.2) is 0 Å². The average Bonchev–Trinajstić information content (AvgIpc) is 2.35. The fraction of sp³-hybridized carbons (Fsp3) is 0.357. The lowest BCUT2D eigenvalue weighted by Gasteiger charge is -2.06. The van der Waals surface area contributed by atoms with Gasteiger partial charge in [-0.15, -0.1) is 6.58 Å². The lowest BCUT2D eigenvalue weighted by atomic mass is 10.2. The smallest absolute Gasteiger partial charge is 0.221 e. The van der Waals surface area contributed by atoms with Gasteiger partial charge in [0.05, 0.1) is 13.2 Å². The number of carbonyl (C=O) groups excluding carboxylic acids is 1. The van der Waals surface area contributed by atoms with Crippen molar-refractivity contribution in [2.75, 3.05) is 25.1 Å². The van der Waals surface area contributed by atoms with Crippen LogP contribution in [-0.2, 0) is 16.1 Å². The molecule has 0 aromatic heterocycles. The van der Waals surface area contributed by atoms with Gasteiger partial charge in [-0.2, -0.15) is 0 Å². The van der Waals surface area contributed by atoms with E-state index < -0.39 is 0 Å². The van der Waals surface area contributed by atoms with E-state index in [0.717, 1.165) is 18.8 Å². The molecule has 0 spiro atoms. The lowest BCUT2D eigenvalue weighted by Crippen LogP contribution is -2.19. The predicted octanol–water partition coefficient (Wildman–Crippen LogP) is 1.94. The van der Waals surface area contributed by atoms with E-state index in [-0.39, 0.29) is 5.91 Å². The third kappa shape index (κ3) is 6.18. The maximum absolute atomic E-state index is 10.9. The van der Waals surface area contributed by atoms with E-state index in [1.807, 2.05) is 24.3 Å². The van der Waals surface area contributed by atoms with Crippen molar-refractivity contribution in [1.29, 1.82) is 0 Å². The van der Waals surface area contributed by atoms with Crippen LogP contribution < -0.4 is 10.6 Å². The van der Waals surface area contributed by atoms with Gasteiger partial charge >= 0.3 is 0 Å². The van der Waals surface area contributed by atoms with Crippen molar-refractivity contribution in [3.05, 3.63) is 42.5 Å². The Balaban J connectivity index is 2.22. The van der Waals surface area contributed by atoms with Gasteiger partial charge < -0.3 is 15.4 Å². The number of amides is 1. The minimum atomic E-state index is -0.0553. The predicted molar refractivity (Wildman–Crippen MR) is 73.5 cm³/mol. The summed E-state index contributed by atoms with van der Waals surface area (Å²) in [4.78, 5) is 10.9. The lowest BCUT2D eigenvalue weighted by molar-refractivity contribution is -0.114. The Bertz CT molecular complexity index is 374. The number of ether oxygens (including phenoxy) is 1. The minimum absolute atomic E-state index is 0.0553. The van der Waals surface area contributed by atoms with Crippen LogP contribution in [0.1, 0.15) is 12.5 Å². The van der Waals surface area contributed by atoms with Gasteiger partial charge in [-0.3, -0.25) is 4.79 Å². The number of anilines is 1. The Morgan fingerprint density at radius 1 is 1.39 bits per heavy atom. The summed E-state index contributed by atoms with van der Waals surface area (Å²) < 4.78 is 5.26. The summed E-state index contributed by atoms with van der Waals surface area (Å²) in [5.41, 5.74) is 1.99. The normalized spacial score (nSPS) is 10.1. The second kappa shape index (κ2) is 8.44. The first-order valence-corrected chi connectivity index (χ1v) is 5.98. The van der Waals surface area contributed by atoms with E-state index in [9.17, 15) is 4.79 Å². The zero-order chi connectivity index (χ0) is 13.2. The molecule has 4 heteroatoms.